The topological polar surface area (TPSA) is 80.5 Å². The molecule has 0 saturated carbocycles. The lowest BCUT2D eigenvalue weighted by atomic mass is 10.1. The van der Waals surface area contributed by atoms with E-state index in [9.17, 15) is 17.6 Å². The highest BCUT2D eigenvalue weighted by Gasteiger charge is 2.26. The molecule has 1 heterocycles. The molecule has 0 aromatic heterocycles. The zero-order valence-electron chi connectivity index (χ0n) is 11.3. The summed E-state index contributed by atoms with van der Waals surface area (Å²) < 4.78 is 37.4. The highest BCUT2D eigenvalue weighted by Crippen LogP contribution is 2.25. The minimum Gasteiger partial charge on any atom is -0.339 e. The summed E-state index contributed by atoms with van der Waals surface area (Å²) in [7, 11) is -4.23. The normalized spacial score (nSPS) is 16.6. The van der Waals surface area contributed by atoms with E-state index < -0.39 is 26.6 Å². The van der Waals surface area contributed by atoms with Crippen LogP contribution in [0, 0.1) is 5.82 Å². The number of carbonyl (C=O) groups excluding carboxylic acids is 1. The van der Waals surface area contributed by atoms with Crippen molar-refractivity contribution >= 4 is 31.9 Å². The maximum atomic E-state index is 14.3. The summed E-state index contributed by atoms with van der Waals surface area (Å²) in [6.07, 6.45) is 3.80. The first-order valence-corrected chi connectivity index (χ1v) is 8.96. The quantitative estimate of drug-likeness (QED) is 0.856. The van der Waals surface area contributed by atoms with E-state index in [4.69, 9.17) is 5.14 Å². The number of benzene rings is 1. The second-order valence-corrected chi connectivity index (χ2v) is 7.46. The Kier molecular flexibility index (Phi) is 5.00. The third-order valence-electron chi connectivity index (χ3n) is 3.43. The van der Waals surface area contributed by atoms with Crippen molar-refractivity contribution in [2.45, 2.75) is 30.6 Å². The standard InChI is InChI=1S/C13H16BrFN2O3S/c14-9-7-10(12(15)11(8-9)21(16,19)20)13(18)17-5-3-1-2-4-6-17/h7-8H,1-6H2,(H2,16,19,20). The SMILES string of the molecule is NS(=O)(=O)c1cc(Br)cc(C(=O)N2CCCCCC2)c1F. The highest BCUT2D eigenvalue weighted by atomic mass is 79.9. The van der Waals surface area contributed by atoms with Crippen LogP contribution < -0.4 is 5.14 Å². The van der Waals surface area contributed by atoms with E-state index in [0.717, 1.165) is 31.7 Å². The molecule has 8 heteroatoms. The fourth-order valence-electron chi connectivity index (χ4n) is 2.37. The molecule has 1 aromatic carbocycles. The van der Waals surface area contributed by atoms with E-state index in [2.05, 4.69) is 15.9 Å². The predicted octanol–water partition coefficient (Wildman–Crippen LogP) is 2.25. The van der Waals surface area contributed by atoms with Gasteiger partial charge >= 0.3 is 0 Å². The van der Waals surface area contributed by atoms with Crippen LogP contribution in [0.25, 0.3) is 0 Å². The number of hydrogen-bond donors (Lipinski definition) is 1. The summed E-state index contributed by atoms with van der Waals surface area (Å²) in [5, 5.41) is 4.99. The summed E-state index contributed by atoms with van der Waals surface area (Å²) in [5.41, 5.74) is -0.268. The average Bonchev–Trinajstić information content (AvgIpc) is 2.68. The zero-order chi connectivity index (χ0) is 15.6. The van der Waals surface area contributed by atoms with E-state index in [1.807, 2.05) is 0 Å². The van der Waals surface area contributed by atoms with Crippen LogP contribution in [0.4, 0.5) is 4.39 Å². The van der Waals surface area contributed by atoms with Crippen LogP contribution in [0.15, 0.2) is 21.5 Å². The Bertz CT molecular complexity index is 656. The number of nitrogens with zero attached hydrogens (tertiary/aromatic N) is 1. The van der Waals surface area contributed by atoms with Crippen LogP contribution in [0.1, 0.15) is 36.0 Å². The minimum atomic E-state index is -4.23. The molecule has 0 unspecified atom stereocenters. The summed E-state index contributed by atoms with van der Waals surface area (Å²) in [6.45, 7) is 1.10. The van der Waals surface area contributed by atoms with Gasteiger partial charge in [-0.2, -0.15) is 0 Å². The van der Waals surface area contributed by atoms with Gasteiger partial charge in [-0.05, 0) is 25.0 Å². The Morgan fingerprint density at radius 2 is 1.76 bits per heavy atom. The van der Waals surface area contributed by atoms with Gasteiger partial charge in [0.15, 0.2) is 5.82 Å². The number of carbonyl (C=O) groups is 1. The van der Waals surface area contributed by atoms with E-state index in [1.54, 1.807) is 4.90 Å². The van der Waals surface area contributed by atoms with Crippen molar-refractivity contribution < 1.29 is 17.6 Å². The van der Waals surface area contributed by atoms with Crippen molar-refractivity contribution in [2.75, 3.05) is 13.1 Å². The Morgan fingerprint density at radius 1 is 1.19 bits per heavy atom. The summed E-state index contributed by atoms with van der Waals surface area (Å²) >= 11 is 3.09. The maximum absolute atomic E-state index is 14.3. The van der Waals surface area contributed by atoms with Crippen molar-refractivity contribution in [1.29, 1.82) is 0 Å². The molecule has 5 nitrogen and oxygen atoms in total. The fourth-order valence-corrected chi connectivity index (χ4v) is 3.63. The second kappa shape index (κ2) is 6.41. The van der Waals surface area contributed by atoms with Crippen LogP contribution in [-0.4, -0.2) is 32.3 Å². The van der Waals surface area contributed by atoms with Crippen molar-refractivity contribution in [3.8, 4) is 0 Å². The van der Waals surface area contributed by atoms with E-state index in [1.165, 1.54) is 6.07 Å². The van der Waals surface area contributed by atoms with Crippen LogP contribution in [0.5, 0.6) is 0 Å². The third-order valence-corrected chi connectivity index (χ3v) is 4.80. The molecule has 1 aliphatic heterocycles. The number of primary sulfonamides is 1. The average molecular weight is 379 g/mol. The van der Waals surface area contributed by atoms with Gasteiger partial charge in [0.1, 0.15) is 4.90 Å². The Labute approximate surface area is 131 Å². The number of hydrogen-bond acceptors (Lipinski definition) is 3. The van der Waals surface area contributed by atoms with Gasteiger partial charge in [0.25, 0.3) is 5.91 Å². The molecule has 2 rings (SSSR count). The first-order chi connectivity index (χ1) is 9.80. The Balaban J connectivity index is 2.43. The first-order valence-electron chi connectivity index (χ1n) is 6.62. The summed E-state index contributed by atoms with van der Waals surface area (Å²) in [5.74, 6) is -1.59. The van der Waals surface area contributed by atoms with Crippen LogP contribution in [-0.2, 0) is 10.0 Å². The molecule has 1 amide bonds. The van der Waals surface area contributed by atoms with E-state index >= 15 is 0 Å². The lowest BCUT2D eigenvalue weighted by Crippen LogP contribution is -2.33. The lowest BCUT2D eigenvalue weighted by Gasteiger charge is -2.21. The van der Waals surface area contributed by atoms with Gasteiger partial charge in [0.2, 0.25) is 10.0 Å². The smallest absolute Gasteiger partial charge is 0.256 e. The van der Waals surface area contributed by atoms with Gasteiger partial charge in [-0.15, -0.1) is 0 Å². The highest BCUT2D eigenvalue weighted by molar-refractivity contribution is 9.10. The summed E-state index contributed by atoms with van der Waals surface area (Å²) in [6, 6.07) is 2.35. The molecule has 2 N–H and O–H groups in total. The van der Waals surface area contributed by atoms with Crippen molar-refractivity contribution in [3.05, 3.63) is 28.0 Å². The van der Waals surface area contributed by atoms with Gasteiger partial charge in [0, 0.05) is 17.6 Å². The minimum absolute atomic E-state index is 0.268. The third kappa shape index (κ3) is 3.81. The molecule has 1 aromatic rings. The number of sulfonamides is 1. The van der Waals surface area contributed by atoms with Gasteiger partial charge in [0.05, 0.1) is 5.56 Å². The molecular weight excluding hydrogens is 363 g/mol. The van der Waals surface area contributed by atoms with Crippen LogP contribution >= 0.6 is 15.9 Å². The lowest BCUT2D eigenvalue weighted by molar-refractivity contribution is 0.0756. The van der Waals surface area contributed by atoms with Crippen LogP contribution in [0.3, 0.4) is 0 Å². The van der Waals surface area contributed by atoms with Crippen molar-refractivity contribution in [2.24, 2.45) is 5.14 Å². The van der Waals surface area contributed by atoms with Crippen molar-refractivity contribution in [1.82, 2.24) is 4.90 Å². The molecule has 116 valence electrons. The molecule has 1 saturated heterocycles. The Morgan fingerprint density at radius 3 is 2.29 bits per heavy atom. The number of likely N-dealkylation sites (tertiary alicyclic amines) is 1. The van der Waals surface area contributed by atoms with E-state index in [-0.39, 0.29) is 5.56 Å². The molecule has 1 fully saturated rings. The molecule has 0 spiro atoms. The zero-order valence-corrected chi connectivity index (χ0v) is 13.7. The second-order valence-electron chi connectivity index (χ2n) is 5.02. The monoisotopic (exact) mass is 378 g/mol. The molecule has 0 bridgehead atoms. The predicted molar refractivity (Wildman–Crippen MR) is 79.8 cm³/mol. The number of amides is 1. The molecule has 0 radical (unpaired) electrons. The molecule has 21 heavy (non-hydrogen) atoms. The molecule has 1 aliphatic rings. The van der Waals surface area contributed by atoms with Crippen molar-refractivity contribution in [3.63, 3.8) is 0 Å². The van der Waals surface area contributed by atoms with Gasteiger partial charge in [-0.25, -0.2) is 17.9 Å². The van der Waals surface area contributed by atoms with Crippen LogP contribution in [0.2, 0.25) is 0 Å². The largest absolute Gasteiger partial charge is 0.339 e. The number of halogens is 2. The number of nitrogens with two attached hydrogens (primary N) is 1. The molecule has 0 atom stereocenters. The van der Waals surface area contributed by atoms with Gasteiger partial charge in [-0.1, -0.05) is 28.8 Å². The van der Waals surface area contributed by atoms with Gasteiger partial charge in [-0.3, -0.25) is 4.79 Å². The summed E-state index contributed by atoms with van der Waals surface area (Å²) in [4.78, 5) is 13.3. The molecular formula is C13H16BrFN2O3S. The fraction of sp³-hybridized carbons (Fsp3) is 0.462. The van der Waals surface area contributed by atoms with Gasteiger partial charge < -0.3 is 4.90 Å². The first kappa shape index (κ1) is 16.4. The Hall–Kier alpha value is -0.990. The maximum Gasteiger partial charge on any atom is 0.256 e. The van der Waals surface area contributed by atoms with E-state index in [0.29, 0.717) is 17.6 Å². The molecule has 0 aliphatic carbocycles. The number of rotatable bonds is 2.